The van der Waals surface area contributed by atoms with Crippen molar-refractivity contribution in [2.75, 3.05) is 0 Å². The van der Waals surface area contributed by atoms with Crippen LogP contribution in [0.4, 0.5) is 0 Å². The van der Waals surface area contributed by atoms with Gasteiger partial charge in [0.15, 0.2) is 0 Å². The summed E-state index contributed by atoms with van der Waals surface area (Å²) in [5.74, 6) is 0. The van der Waals surface area contributed by atoms with E-state index in [2.05, 4.69) is 86.1 Å². The Morgan fingerprint density at radius 3 is 0.854 bits per heavy atom. The Bertz CT molecular complexity index is 506. The summed E-state index contributed by atoms with van der Waals surface area (Å²) in [5, 5.41) is 0. The molecule has 0 atom stereocenters. The normalized spacial score (nSPS) is 6.22. The molecule has 0 N–H and O–H groups in total. The molecule has 0 aromatic carbocycles. The summed E-state index contributed by atoms with van der Waals surface area (Å²) in [5.41, 5.74) is 0. The molecule has 0 aliphatic rings. The number of unbranched alkanes of at least 4 members (excludes halogenated alkanes) is 12. The zero-order valence-corrected chi connectivity index (χ0v) is 24.3. The van der Waals surface area contributed by atoms with Gasteiger partial charge in [-0.15, -0.1) is 0 Å². The van der Waals surface area contributed by atoms with E-state index >= 15 is 0 Å². The summed E-state index contributed by atoms with van der Waals surface area (Å²) in [4.78, 5) is 26.2. The fourth-order valence-corrected chi connectivity index (χ4v) is 2.24. The van der Waals surface area contributed by atoms with E-state index in [1.165, 1.54) is 83.5 Å². The summed E-state index contributed by atoms with van der Waals surface area (Å²) in [6.45, 7) is 42.7. The van der Waals surface area contributed by atoms with Crippen molar-refractivity contribution in [2.45, 2.75) is 117 Å². The second-order valence-corrected chi connectivity index (χ2v) is 6.27. The monoisotopic (exact) mass is 578 g/mol. The molecule has 0 aliphatic carbocycles. The van der Waals surface area contributed by atoms with Gasteiger partial charge < -0.3 is 4.79 Å². The fourth-order valence-electron chi connectivity index (χ4n) is 2.24. The van der Waals surface area contributed by atoms with Crippen LogP contribution in [0.15, 0.2) is 12.2 Å². The molecule has 228 valence electrons. The third-order valence-corrected chi connectivity index (χ3v) is 3.79. The van der Waals surface area contributed by atoms with Gasteiger partial charge in [0.25, 0.3) is 0 Å². The molecule has 0 saturated carbocycles. The summed E-state index contributed by atoms with van der Waals surface area (Å²) in [7, 11) is 0. The van der Waals surface area contributed by atoms with Gasteiger partial charge in [-0.2, -0.15) is 9.59 Å². The van der Waals surface area contributed by atoms with Crippen molar-refractivity contribution in [3.05, 3.63) is 65.4 Å². The van der Waals surface area contributed by atoms with Crippen LogP contribution in [-0.4, -0.2) is 12.4 Å². The number of carbonyl (C=O) groups excluding carboxylic acids is 3. The number of carbonyl (C=O) groups is 1. The molecule has 0 amide bonds. The van der Waals surface area contributed by atoms with Crippen LogP contribution in [0.1, 0.15) is 117 Å². The van der Waals surface area contributed by atoms with Gasteiger partial charge in [0.1, 0.15) is 6.29 Å². The molecule has 0 unspecified atom stereocenters. The van der Waals surface area contributed by atoms with E-state index in [1.807, 2.05) is 0 Å². The maximum atomic E-state index is 9.98. The number of allylic oxidation sites excluding steroid dienone is 2. The van der Waals surface area contributed by atoms with E-state index in [4.69, 9.17) is 46.8 Å². The molecule has 0 heterocycles. The van der Waals surface area contributed by atoms with Gasteiger partial charge in [-0.05, 0) is 19.3 Å². The maximum absolute atomic E-state index is 9.98. The van der Waals surface area contributed by atoms with Crippen LogP contribution in [0.5, 0.6) is 0 Å². The van der Waals surface area contributed by atoms with Crippen molar-refractivity contribution in [2.24, 2.45) is 0 Å². The molecule has 0 spiro atoms. The number of aldehydes is 1. The fraction of sp³-hybridized carbons (Fsp3) is 0.600. The van der Waals surface area contributed by atoms with Crippen LogP contribution in [0, 0.1) is 53.2 Å². The Kier molecular flexibility index (Phi) is 330. The van der Waals surface area contributed by atoms with E-state index in [0.717, 1.165) is 19.1 Å². The quantitative estimate of drug-likeness (QED) is 0.0678. The molecule has 41 heavy (non-hydrogen) atoms. The third-order valence-electron chi connectivity index (χ3n) is 3.79. The molecule has 0 aliphatic heterocycles. The van der Waals surface area contributed by atoms with Crippen molar-refractivity contribution >= 4 is 12.4 Å². The molecular weight excluding hydrogens is 536 g/mol. The summed E-state index contributed by atoms with van der Waals surface area (Å²) >= 11 is 0. The van der Waals surface area contributed by atoms with Gasteiger partial charge in [-0.1, -0.05) is 104 Å². The average molecular weight is 579 g/mol. The first-order valence-electron chi connectivity index (χ1n) is 12.0. The van der Waals surface area contributed by atoms with E-state index in [1.54, 1.807) is 0 Å². The minimum absolute atomic E-state index is 0.250. The van der Waals surface area contributed by atoms with E-state index < -0.39 is 0 Å². The summed E-state index contributed by atoms with van der Waals surface area (Å²) < 4.78 is 60.0. The molecule has 11 nitrogen and oxygen atoms in total. The minimum atomic E-state index is 0.250. The van der Waals surface area contributed by atoms with Crippen molar-refractivity contribution in [1.82, 2.24) is 0 Å². The molecule has 0 aromatic rings. The van der Waals surface area contributed by atoms with Crippen LogP contribution in [0.2, 0.25) is 0 Å². The predicted molar refractivity (Wildman–Crippen MR) is 138 cm³/mol. The standard InChI is InChI=1S/C11H22O.C10H20.CO2.8CO/c1-2-3-4-5-6-7-8-9-10-11-12;1-3-5-7-9-10-8-6-4-2;2-1-3;8*1-2/h11H,2-10H2,1H3;9-10H,3-8H2,1-2H3;;;;;;;;;/b;10-9+;;;;;;;;;. The van der Waals surface area contributed by atoms with Gasteiger partial charge in [-0.3, -0.25) is 0 Å². The molecule has 0 fully saturated rings. The van der Waals surface area contributed by atoms with E-state index in [9.17, 15) is 4.79 Å². The van der Waals surface area contributed by atoms with Crippen molar-refractivity contribution < 1.29 is 51.6 Å². The predicted octanol–water partition coefficient (Wildman–Crippen LogP) is 6.76. The second kappa shape index (κ2) is 190. The molecular formula is C30H42O11. The zero-order valence-electron chi connectivity index (χ0n) is 24.3. The summed E-state index contributed by atoms with van der Waals surface area (Å²) in [6.07, 6.45) is 25.1. The molecule has 0 aromatic heterocycles. The van der Waals surface area contributed by atoms with Gasteiger partial charge >= 0.3 is 96.6 Å². The van der Waals surface area contributed by atoms with Crippen molar-refractivity contribution in [1.29, 1.82) is 0 Å². The first-order chi connectivity index (χ1) is 20.2. The molecule has 0 rings (SSSR count). The first-order valence-corrected chi connectivity index (χ1v) is 12.0. The van der Waals surface area contributed by atoms with Crippen LogP contribution < -0.4 is 0 Å². The van der Waals surface area contributed by atoms with Gasteiger partial charge in [0.2, 0.25) is 0 Å². The van der Waals surface area contributed by atoms with Crippen molar-refractivity contribution in [3.63, 3.8) is 0 Å². The number of hydrogen-bond donors (Lipinski definition) is 0. The zero-order chi connectivity index (χ0) is 35.4. The van der Waals surface area contributed by atoms with Gasteiger partial charge in [0, 0.05) is 6.42 Å². The molecule has 0 bridgehead atoms. The van der Waals surface area contributed by atoms with E-state index in [-0.39, 0.29) is 6.15 Å². The Morgan fingerprint density at radius 1 is 0.415 bits per heavy atom. The Morgan fingerprint density at radius 2 is 0.634 bits per heavy atom. The van der Waals surface area contributed by atoms with Crippen molar-refractivity contribution in [3.8, 4) is 0 Å². The molecule has 0 saturated heterocycles. The van der Waals surface area contributed by atoms with Gasteiger partial charge in [-0.25, -0.2) is 0 Å². The topological polar surface area (TPSA) is 210 Å². The first kappa shape index (κ1) is 71.2. The van der Waals surface area contributed by atoms with Crippen LogP contribution in [0.25, 0.3) is 0 Å². The SMILES string of the molecule is CCCC/C=C/CCCC.CCCCCCCCCCC=O.O=C=O.[C-]#[O+].[C-]#[O+].[C-]#[O+].[C-]#[O+].[C-]#[O+].[C-]#[O+].[C-]#[O+].[C-]#[O+]. The Balaban J connectivity index is -0.0000000309. The average Bonchev–Trinajstić information content (AvgIpc) is 3.08. The Hall–Kier alpha value is -3.29. The third kappa shape index (κ3) is 274. The Labute approximate surface area is 246 Å². The van der Waals surface area contributed by atoms with Crippen LogP contribution in [-0.2, 0) is 51.6 Å². The molecule has 0 radical (unpaired) electrons. The molecule has 11 heteroatoms. The number of rotatable bonds is 15. The van der Waals surface area contributed by atoms with E-state index in [0.29, 0.717) is 0 Å². The van der Waals surface area contributed by atoms with Crippen LogP contribution >= 0.6 is 0 Å². The van der Waals surface area contributed by atoms with Crippen LogP contribution in [0.3, 0.4) is 0 Å². The number of hydrogen-bond acceptors (Lipinski definition) is 3. The van der Waals surface area contributed by atoms with Gasteiger partial charge in [0.05, 0.1) is 0 Å². The second-order valence-electron chi connectivity index (χ2n) is 6.27. The summed E-state index contributed by atoms with van der Waals surface area (Å²) in [6, 6.07) is 0.